The number of rotatable bonds is 6. The third kappa shape index (κ3) is 4.34. The fraction of sp³-hybridized carbons (Fsp3) is 0.435. The molecule has 3 heterocycles. The Hall–Kier alpha value is -2.58. The molecule has 1 aliphatic rings. The van der Waals surface area contributed by atoms with E-state index in [1.807, 2.05) is 6.92 Å². The molecule has 0 unspecified atom stereocenters. The van der Waals surface area contributed by atoms with Gasteiger partial charge in [0, 0.05) is 29.2 Å². The van der Waals surface area contributed by atoms with Crippen molar-refractivity contribution in [2.75, 3.05) is 13.6 Å². The Morgan fingerprint density at radius 2 is 1.94 bits per heavy atom. The van der Waals surface area contributed by atoms with Crippen molar-refractivity contribution in [3.63, 3.8) is 0 Å². The fourth-order valence-electron chi connectivity index (χ4n) is 4.26. The van der Waals surface area contributed by atoms with Crippen LogP contribution in [0, 0.1) is 11.6 Å². The van der Waals surface area contributed by atoms with Crippen LogP contribution < -0.4 is 4.74 Å². The van der Waals surface area contributed by atoms with Gasteiger partial charge in [-0.25, -0.2) is 13.8 Å². The van der Waals surface area contributed by atoms with Gasteiger partial charge in [-0.1, -0.05) is 22.8 Å². The van der Waals surface area contributed by atoms with Gasteiger partial charge in [0.1, 0.15) is 22.9 Å². The molecule has 1 saturated heterocycles. The summed E-state index contributed by atoms with van der Waals surface area (Å²) in [5, 5.41) is 4.23. The topological polar surface area (TPSA) is 64.3 Å². The minimum atomic E-state index is -1.09. The lowest BCUT2D eigenvalue weighted by molar-refractivity contribution is 0.117. The van der Waals surface area contributed by atoms with Crippen LogP contribution in [-0.2, 0) is 5.41 Å². The van der Waals surface area contributed by atoms with E-state index in [0.717, 1.165) is 19.4 Å². The summed E-state index contributed by atoms with van der Waals surface area (Å²) in [6.07, 6.45) is 2.09. The normalized spacial score (nSPS) is 18.2. The molecule has 2 aromatic heterocycles. The number of halogens is 3. The Morgan fingerprint density at radius 1 is 1.22 bits per heavy atom. The van der Waals surface area contributed by atoms with Gasteiger partial charge in [0.05, 0.1) is 5.69 Å². The number of aromatic nitrogens is 3. The van der Waals surface area contributed by atoms with E-state index in [0.29, 0.717) is 17.6 Å². The van der Waals surface area contributed by atoms with E-state index in [4.69, 9.17) is 20.9 Å². The van der Waals surface area contributed by atoms with Gasteiger partial charge < -0.3 is 9.26 Å². The average molecular weight is 463 g/mol. The van der Waals surface area contributed by atoms with Crippen LogP contribution in [0.3, 0.4) is 0 Å². The standard InChI is InChI=1S/C23H25ClF2N4O2/c1-13(16-9-6-10-30(16)4)31-20-12-19(24)27-22(28-20)17-11-18(29-32-17)23(2,3)21-14(25)7-5-8-15(21)26/h5,7-8,11-13,16H,6,9-10H2,1-4H3/t13-,16-/m0/s1. The zero-order valence-corrected chi connectivity index (χ0v) is 19.2. The second kappa shape index (κ2) is 8.75. The molecule has 0 aliphatic carbocycles. The average Bonchev–Trinajstić information content (AvgIpc) is 3.37. The molecule has 0 saturated carbocycles. The van der Waals surface area contributed by atoms with Crippen molar-refractivity contribution >= 4 is 11.6 Å². The van der Waals surface area contributed by atoms with Gasteiger partial charge >= 0.3 is 0 Å². The molecule has 6 nitrogen and oxygen atoms in total. The molecular weight excluding hydrogens is 438 g/mol. The van der Waals surface area contributed by atoms with E-state index in [1.54, 1.807) is 26.0 Å². The summed E-state index contributed by atoms with van der Waals surface area (Å²) in [6.45, 7) is 6.38. The first-order valence-corrected chi connectivity index (χ1v) is 10.9. The predicted octanol–water partition coefficient (Wildman–Crippen LogP) is 5.25. The van der Waals surface area contributed by atoms with Gasteiger partial charge in [-0.3, -0.25) is 4.90 Å². The first kappa shape index (κ1) is 22.6. The summed E-state index contributed by atoms with van der Waals surface area (Å²) in [5.74, 6) is -0.573. The monoisotopic (exact) mass is 462 g/mol. The van der Waals surface area contributed by atoms with Crippen molar-refractivity contribution < 1.29 is 18.0 Å². The number of ether oxygens (including phenoxy) is 1. The summed E-state index contributed by atoms with van der Waals surface area (Å²) in [6, 6.07) is 7.16. The molecule has 1 aliphatic heterocycles. The second-order valence-electron chi connectivity index (χ2n) is 8.66. The molecule has 170 valence electrons. The van der Waals surface area contributed by atoms with Crippen molar-refractivity contribution in [1.82, 2.24) is 20.0 Å². The molecule has 32 heavy (non-hydrogen) atoms. The third-order valence-corrected chi connectivity index (χ3v) is 6.25. The second-order valence-corrected chi connectivity index (χ2v) is 9.05. The number of likely N-dealkylation sites (N-methyl/N-ethyl adjacent to an activating group) is 1. The molecule has 4 rings (SSSR count). The number of hydrogen-bond acceptors (Lipinski definition) is 6. The van der Waals surface area contributed by atoms with E-state index >= 15 is 0 Å². The largest absolute Gasteiger partial charge is 0.473 e. The highest BCUT2D eigenvalue weighted by molar-refractivity contribution is 6.29. The van der Waals surface area contributed by atoms with Crippen LogP contribution in [0.4, 0.5) is 8.78 Å². The molecule has 9 heteroatoms. The quantitative estimate of drug-likeness (QED) is 0.466. The van der Waals surface area contributed by atoms with Crippen LogP contribution in [-0.4, -0.2) is 45.8 Å². The summed E-state index contributed by atoms with van der Waals surface area (Å²) in [7, 11) is 2.08. The molecule has 0 bridgehead atoms. The fourth-order valence-corrected chi connectivity index (χ4v) is 4.44. The molecule has 3 aromatic rings. The van der Waals surface area contributed by atoms with Gasteiger partial charge in [0.15, 0.2) is 0 Å². The van der Waals surface area contributed by atoms with Crippen molar-refractivity contribution in [3.05, 3.63) is 58.4 Å². The number of benzene rings is 1. The first-order valence-electron chi connectivity index (χ1n) is 10.5. The highest BCUT2D eigenvalue weighted by Crippen LogP contribution is 2.36. The molecule has 0 N–H and O–H groups in total. The van der Waals surface area contributed by atoms with Gasteiger partial charge in [-0.05, 0) is 59.3 Å². The van der Waals surface area contributed by atoms with Crippen LogP contribution >= 0.6 is 11.6 Å². The molecule has 1 fully saturated rings. The molecule has 1 aromatic carbocycles. The molecular formula is C23H25ClF2N4O2. The van der Waals surface area contributed by atoms with Crippen molar-refractivity contribution in [1.29, 1.82) is 0 Å². The summed E-state index contributed by atoms with van der Waals surface area (Å²) in [5.41, 5.74) is -0.842. The number of nitrogens with zero attached hydrogens (tertiary/aromatic N) is 4. The van der Waals surface area contributed by atoms with Gasteiger partial charge in [-0.15, -0.1) is 0 Å². The van der Waals surface area contributed by atoms with Gasteiger partial charge in [-0.2, -0.15) is 4.98 Å². The lowest BCUT2D eigenvalue weighted by atomic mass is 9.80. The SMILES string of the molecule is C[C@H](Oc1cc(Cl)nc(-c2cc(C(C)(C)c3c(F)cccc3F)no2)n1)[C@@H]1CCCN1C. The Labute approximate surface area is 190 Å². The lowest BCUT2D eigenvalue weighted by Gasteiger charge is -2.26. The zero-order chi connectivity index (χ0) is 23.0. The number of likely N-dealkylation sites (tertiary alicyclic amines) is 1. The van der Waals surface area contributed by atoms with Crippen LogP contribution in [0.15, 0.2) is 34.9 Å². The first-order chi connectivity index (χ1) is 15.2. The van der Waals surface area contributed by atoms with E-state index < -0.39 is 17.0 Å². The van der Waals surface area contributed by atoms with E-state index in [-0.39, 0.29) is 28.4 Å². The van der Waals surface area contributed by atoms with Gasteiger partial charge in [0.25, 0.3) is 0 Å². The molecule has 0 radical (unpaired) electrons. The maximum absolute atomic E-state index is 14.4. The van der Waals surface area contributed by atoms with Crippen LogP contribution in [0.2, 0.25) is 5.15 Å². The van der Waals surface area contributed by atoms with E-state index in [1.165, 1.54) is 18.2 Å². The molecule has 0 amide bonds. The Balaban J connectivity index is 1.61. The predicted molar refractivity (Wildman–Crippen MR) is 117 cm³/mol. The van der Waals surface area contributed by atoms with Crippen LogP contribution in [0.25, 0.3) is 11.6 Å². The molecule has 2 atom stereocenters. The maximum atomic E-state index is 14.4. The van der Waals surface area contributed by atoms with Crippen molar-refractivity contribution in [3.8, 4) is 17.5 Å². The Kier molecular flexibility index (Phi) is 6.18. The number of hydrogen-bond donors (Lipinski definition) is 0. The Morgan fingerprint density at radius 3 is 2.59 bits per heavy atom. The van der Waals surface area contributed by atoms with Crippen molar-refractivity contribution in [2.24, 2.45) is 0 Å². The Bertz CT molecular complexity index is 1100. The van der Waals surface area contributed by atoms with Crippen LogP contribution in [0.1, 0.15) is 44.9 Å². The highest BCUT2D eigenvalue weighted by atomic mass is 35.5. The zero-order valence-electron chi connectivity index (χ0n) is 18.4. The maximum Gasteiger partial charge on any atom is 0.218 e. The third-order valence-electron chi connectivity index (χ3n) is 6.06. The lowest BCUT2D eigenvalue weighted by Crippen LogP contribution is -2.38. The smallest absolute Gasteiger partial charge is 0.218 e. The minimum Gasteiger partial charge on any atom is -0.473 e. The van der Waals surface area contributed by atoms with E-state index in [2.05, 4.69) is 27.1 Å². The highest BCUT2D eigenvalue weighted by Gasteiger charge is 2.33. The van der Waals surface area contributed by atoms with Crippen molar-refractivity contribution in [2.45, 2.75) is 51.2 Å². The van der Waals surface area contributed by atoms with Gasteiger partial charge in [0.2, 0.25) is 17.5 Å². The van der Waals surface area contributed by atoms with E-state index in [9.17, 15) is 8.78 Å². The summed E-state index contributed by atoms with van der Waals surface area (Å²) in [4.78, 5) is 10.9. The van der Waals surface area contributed by atoms with Crippen LogP contribution in [0.5, 0.6) is 5.88 Å². The summed E-state index contributed by atoms with van der Waals surface area (Å²) < 4.78 is 40.2. The minimum absolute atomic E-state index is 0.0884. The summed E-state index contributed by atoms with van der Waals surface area (Å²) >= 11 is 6.20. The molecule has 0 spiro atoms.